The molecule has 0 aliphatic carbocycles. The average Bonchev–Trinajstić information content (AvgIpc) is 3.35. The first-order valence-corrected chi connectivity index (χ1v) is 11.1. The highest BCUT2D eigenvalue weighted by Crippen LogP contribution is 2.29. The number of carbonyl (C=O) groups is 2. The van der Waals surface area contributed by atoms with Crippen molar-refractivity contribution in [3.05, 3.63) is 111 Å². The van der Waals surface area contributed by atoms with Crippen molar-refractivity contribution in [1.82, 2.24) is 4.98 Å². The van der Waals surface area contributed by atoms with Gasteiger partial charge in [0.05, 0.1) is 4.92 Å². The molecule has 0 fully saturated rings. The van der Waals surface area contributed by atoms with Crippen molar-refractivity contribution in [2.24, 2.45) is 0 Å². The number of nitrogens with zero attached hydrogens (tertiary/aromatic N) is 2. The van der Waals surface area contributed by atoms with E-state index in [-0.39, 0.29) is 17.1 Å². The van der Waals surface area contributed by atoms with Crippen molar-refractivity contribution in [2.45, 2.75) is 13.0 Å². The quantitative estimate of drug-likeness (QED) is 0.214. The fraction of sp³-hybridized carbons (Fsp3) is 0.0800. The number of benzene rings is 3. The SMILES string of the molecule is Cc1ccc(NC(=O)C(OC(=O)c2csc(-c3ccccc3)n2)c2ccccc2)c([N+](=O)[O-])c1. The molecule has 1 N–H and O–H groups in total. The van der Waals surface area contributed by atoms with Crippen LogP contribution in [0.2, 0.25) is 0 Å². The summed E-state index contributed by atoms with van der Waals surface area (Å²) in [6.07, 6.45) is -1.34. The molecule has 1 heterocycles. The van der Waals surface area contributed by atoms with Crippen LogP contribution in [0.5, 0.6) is 0 Å². The van der Waals surface area contributed by atoms with Gasteiger partial charge in [-0.1, -0.05) is 66.7 Å². The number of rotatable bonds is 7. The Morgan fingerprint density at radius 3 is 2.38 bits per heavy atom. The van der Waals surface area contributed by atoms with Crippen LogP contribution in [0.4, 0.5) is 11.4 Å². The van der Waals surface area contributed by atoms with E-state index in [2.05, 4.69) is 10.3 Å². The molecule has 0 radical (unpaired) electrons. The molecular formula is C25H19N3O5S. The number of amides is 1. The van der Waals surface area contributed by atoms with E-state index in [1.165, 1.54) is 23.5 Å². The third-order valence-electron chi connectivity index (χ3n) is 4.91. The Balaban J connectivity index is 1.59. The number of nitro benzene ring substituents is 1. The highest BCUT2D eigenvalue weighted by molar-refractivity contribution is 7.13. The van der Waals surface area contributed by atoms with Gasteiger partial charge in [-0.15, -0.1) is 11.3 Å². The molecule has 1 aromatic heterocycles. The number of thiazole rings is 1. The van der Waals surface area contributed by atoms with Crippen LogP contribution in [0, 0.1) is 17.0 Å². The van der Waals surface area contributed by atoms with E-state index in [9.17, 15) is 19.7 Å². The highest BCUT2D eigenvalue weighted by atomic mass is 32.1. The number of esters is 1. The maximum Gasteiger partial charge on any atom is 0.358 e. The van der Waals surface area contributed by atoms with Gasteiger partial charge in [0.1, 0.15) is 10.7 Å². The lowest BCUT2D eigenvalue weighted by Gasteiger charge is -2.17. The molecule has 0 aliphatic heterocycles. The summed E-state index contributed by atoms with van der Waals surface area (Å²) < 4.78 is 5.55. The molecule has 8 nitrogen and oxygen atoms in total. The number of anilines is 1. The summed E-state index contributed by atoms with van der Waals surface area (Å²) >= 11 is 1.28. The minimum Gasteiger partial charge on any atom is -0.443 e. The summed E-state index contributed by atoms with van der Waals surface area (Å²) in [4.78, 5) is 41.2. The topological polar surface area (TPSA) is 111 Å². The van der Waals surface area contributed by atoms with E-state index in [1.807, 2.05) is 30.3 Å². The number of nitro groups is 1. The number of nitrogens with one attached hydrogen (secondary N) is 1. The summed E-state index contributed by atoms with van der Waals surface area (Å²) in [5.41, 5.74) is 1.78. The predicted molar refractivity (Wildman–Crippen MR) is 129 cm³/mol. The van der Waals surface area contributed by atoms with Crippen molar-refractivity contribution in [1.29, 1.82) is 0 Å². The molecule has 9 heteroatoms. The van der Waals surface area contributed by atoms with Gasteiger partial charge in [0.2, 0.25) is 6.10 Å². The van der Waals surface area contributed by atoms with Crippen molar-refractivity contribution in [2.75, 3.05) is 5.32 Å². The predicted octanol–water partition coefficient (Wildman–Crippen LogP) is 5.56. The van der Waals surface area contributed by atoms with Crippen LogP contribution in [0.1, 0.15) is 27.7 Å². The second-order valence-electron chi connectivity index (χ2n) is 7.37. The van der Waals surface area contributed by atoms with Gasteiger partial charge in [0.15, 0.2) is 5.69 Å². The van der Waals surface area contributed by atoms with Crippen LogP contribution in [0.15, 0.2) is 84.2 Å². The molecule has 34 heavy (non-hydrogen) atoms. The molecule has 1 amide bonds. The first kappa shape index (κ1) is 22.8. The van der Waals surface area contributed by atoms with Crippen LogP contribution < -0.4 is 5.32 Å². The fourth-order valence-electron chi connectivity index (χ4n) is 3.25. The Kier molecular flexibility index (Phi) is 6.74. The molecule has 170 valence electrons. The summed E-state index contributed by atoms with van der Waals surface area (Å²) in [7, 11) is 0. The Labute approximate surface area is 199 Å². The van der Waals surface area contributed by atoms with Crippen molar-refractivity contribution >= 4 is 34.6 Å². The van der Waals surface area contributed by atoms with Crippen LogP contribution in [0.25, 0.3) is 10.6 Å². The second-order valence-corrected chi connectivity index (χ2v) is 8.23. The average molecular weight is 474 g/mol. The number of ether oxygens (including phenoxy) is 1. The Morgan fingerprint density at radius 2 is 1.71 bits per heavy atom. The minimum atomic E-state index is -1.34. The zero-order valence-corrected chi connectivity index (χ0v) is 18.8. The van der Waals surface area contributed by atoms with E-state index in [0.717, 1.165) is 5.56 Å². The molecule has 1 unspecified atom stereocenters. The van der Waals surface area contributed by atoms with Gasteiger partial charge >= 0.3 is 5.97 Å². The van der Waals surface area contributed by atoms with Gasteiger partial charge in [0, 0.05) is 22.6 Å². The lowest BCUT2D eigenvalue weighted by atomic mass is 10.1. The maximum atomic E-state index is 13.1. The van der Waals surface area contributed by atoms with Gasteiger partial charge in [-0.05, 0) is 18.6 Å². The van der Waals surface area contributed by atoms with Gasteiger partial charge in [0.25, 0.3) is 11.6 Å². The van der Waals surface area contributed by atoms with Crippen LogP contribution in [0.3, 0.4) is 0 Å². The standard InChI is InChI=1S/C25H19N3O5S/c1-16-12-13-19(21(14-16)28(31)32)26-23(29)22(17-8-4-2-5-9-17)33-25(30)20-15-34-24(27-20)18-10-6-3-7-11-18/h2-15,22H,1H3,(H,26,29). The number of aryl methyl sites for hydroxylation is 1. The molecule has 0 aliphatic rings. The summed E-state index contributed by atoms with van der Waals surface area (Å²) in [6, 6.07) is 22.3. The molecule has 0 saturated heterocycles. The van der Waals surface area contributed by atoms with Crippen LogP contribution >= 0.6 is 11.3 Å². The summed E-state index contributed by atoms with van der Waals surface area (Å²) in [5, 5.41) is 16.2. The van der Waals surface area contributed by atoms with Crippen molar-refractivity contribution < 1.29 is 19.2 Å². The molecule has 4 aromatic rings. The molecule has 0 spiro atoms. The largest absolute Gasteiger partial charge is 0.443 e. The van der Waals surface area contributed by atoms with Gasteiger partial charge in [-0.2, -0.15) is 0 Å². The molecule has 4 rings (SSSR count). The monoisotopic (exact) mass is 473 g/mol. The van der Waals surface area contributed by atoms with E-state index < -0.39 is 22.9 Å². The fourth-order valence-corrected chi connectivity index (χ4v) is 4.04. The zero-order valence-electron chi connectivity index (χ0n) is 18.0. The van der Waals surface area contributed by atoms with E-state index in [1.54, 1.807) is 48.7 Å². The molecule has 3 aromatic carbocycles. The number of aromatic nitrogens is 1. The number of hydrogen-bond donors (Lipinski definition) is 1. The summed E-state index contributed by atoms with van der Waals surface area (Å²) in [6.45, 7) is 1.71. The van der Waals surface area contributed by atoms with Crippen molar-refractivity contribution in [3.8, 4) is 10.6 Å². The third-order valence-corrected chi connectivity index (χ3v) is 5.80. The number of carbonyl (C=O) groups excluding carboxylic acids is 2. The smallest absolute Gasteiger partial charge is 0.358 e. The maximum absolute atomic E-state index is 13.1. The van der Waals surface area contributed by atoms with Crippen LogP contribution in [-0.4, -0.2) is 21.8 Å². The Hall–Kier alpha value is -4.37. The zero-order chi connectivity index (χ0) is 24.1. The van der Waals surface area contributed by atoms with Gasteiger partial charge in [-0.25, -0.2) is 9.78 Å². The summed E-state index contributed by atoms with van der Waals surface area (Å²) in [5.74, 6) is -1.49. The molecule has 0 bridgehead atoms. The normalized spacial score (nSPS) is 11.4. The lowest BCUT2D eigenvalue weighted by Crippen LogP contribution is -2.26. The van der Waals surface area contributed by atoms with E-state index in [4.69, 9.17) is 4.74 Å². The minimum absolute atomic E-state index is 0.0117. The first-order chi connectivity index (χ1) is 16.4. The third kappa shape index (κ3) is 5.16. The Bertz CT molecular complexity index is 1340. The van der Waals surface area contributed by atoms with Crippen molar-refractivity contribution in [3.63, 3.8) is 0 Å². The highest BCUT2D eigenvalue weighted by Gasteiger charge is 2.28. The second kappa shape index (κ2) is 10.1. The molecule has 0 saturated carbocycles. The molecular weight excluding hydrogens is 454 g/mol. The molecule has 1 atom stereocenters. The Morgan fingerprint density at radius 1 is 1.03 bits per heavy atom. The van der Waals surface area contributed by atoms with E-state index in [0.29, 0.717) is 16.1 Å². The lowest BCUT2D eigenvalue weighted by molar-refractivity contribution is -0.384. The first-order valence-electron chi connectivity index (χ1n) is 10.2. The van der Waals surface area contributed by atoms with Gasteiger partial charge < -0.3 is 10.1 Å². The number of hydrogen-bond acceptors (Lipinski definition) is 7. The van der Waals surface area contributed by atoms with E-state index >= 15 is 0 Å². The van der Waals surface area contributed by atoms with Crippen LogP contribution in [-0.2, 0) is 9.53 Å². The van der Waals surface area contributed by atoms with Gasteiger partial charge in [-0.3, -0.25) is 14.9 Å².